The molecule has 1 aromatic rings. The van der Waals surface area contributed by atoms with Crippen LogP contribution in [0, 0.1) is 5.92 Å². The molecule has 1 aromatic carbocycles. The molecule has 102 valence electrons. The zero-order valence-electron chi connectivity index (χ0n) is 9.55. The van der Waals surface area contributed by atoms with Gasteiger partial charge in [0.15, 0.2) is 0 Å². The van der Waals surface area contributed by atoms with Crippen molar-refractivity contribution in [3.63, 3.8) is 0 Å². The van der Waals surface area contributed by atoms with E-state index < -0.39 is 23.8 Å². The van der Waals surface area contributed by atoms with Crippen molar-refractivity contribution >= 4 is 23.4 Å². The summed E-state index contributed by atoms with van der Waals surface area (Å²) in [4.78, 5) is 11.4. The Morgan fingerprint density at radius 1 is 1.37 bits per heavy atom. The maximum absolute atomic E-state index is 13.5. The van der Waals surface area contributed by atoms with Crippen LogP contribution in [0.1, 0.15) is 18.4 Å². The number of anilines is 1. The number of nitrogens with one attached hydrogen (secondary N) is 1. The molecule has 1 N–H and O–H groups in total. The Kier molecular flexibility index (Phi) is 2.51. The maximum Gasteiger partial charge on any atom is 0.433 e. The summed E-state index contributed by atoms with van der Waals surface area (Å²) >= 11 is 5.78. The molecule has 0 bridgehead atoms. The zero-order chi connectivity index (χ0) is 13.8. The Morgan fingerprint density at radius 3 is 2.63 bits per heavy atom. The number of fused-ring (bicyclic) bond motifs is 1. The zero-order valence-corrected chi connectivity index (χ0v) is 10.3. The van der Waals surface area contributed by atoms with Crippen LogP contribution >= 0.6 is 11.6 Å². The minimum Gasteiger partial charge on any atom is -0.428 e. The summed E-state index contributed by atoms with van der Waals surface area (Å²) in [5.41, 5.74) is -2.59. The predicted molar refractivity (Wildman–Crippen MR) is 62.0 cm³/mol. The molecule has 1 heterocycles. The van der Waals surface area contributed by atoms with Crippen molar-refractivity contribution in [3.8, 4) is 0 Å². The summed E-state index contributed by atoms with van der Waals surface area (Å²) in [5, 5.41) is 2.45. The van der Waals surface area contributed by atoms with Crippen LogP contribution in [-0.4, -0.2) is 12.3 Å². The number of hydrogen-bond acceptors (Lipinski definition) is 2. The molecule has 1 unspecified atom stereocenters. The van der Waals surface area contributed by atoms with E-state index in [2.05, 4.69) is 5.32 Å². The number of halogens is 4. The Morgan fingerprint density at radius 2 is 2.05 bits per heavy atom. The Labute approximate surface area is 111 Å². The molecular formula is C12H9ClF3NO2. The van der Waals surface area contributed by atoms with Crippen LogP contribution in [0.15, 0.2) is 18.2 Å². The van der Waals surface area contributed by atoms with Gasteiger partial charge < -0.3 is 4.74 Å². The van der Waals surface area contributed by atoms with Crippen molar-refractivity contribution < 1.29 is 22.7 Å². The largest absolute Gasteiger partial charge is 0.433 e. The van der Waals surface area contributed by atoms with E-state index in [1.54, 1.807) is 0 Å². The molecule has 1 aliphatic carbocycles. The number of carbonyl (C=O) groups is 1. The first-order valence-electron chi connectivity index (χ1n) is 5.71. The standard InChI is InChI=1S/C12H9ClF3NO2/c13-7-3-4-9-8(5-7)11(6-1-2-6,12(14,15)16)19-10(18)17-9/h3-6H,1-2H2,(H,17,18). The molecule has 3 rings (SSSR count). The second kappa shape index (κ2) is 3.79. The molecule has 1 aliphatic heterocycles. The predicted octanol–water partition coefficient (Wildman–Crippen LogP) is 4.07. The van der Waals surface area contributed by atoms with Crippen molar-refractivity contribution in [3.05, 3.63) is 28.8 Å². The van der Waals surface area contributed by atoms with E-state index >= 15 is 0 Å². The van der Waals surface area contributed by atoms with E-state index in [4.69, 9.17) is 16.3 Å². The number of carbonyl (C=O) groups excluding carboxylic acids is 1. The van der Waals surface area contributed by atoms with Crippen molar-refractivity contribution in [2.75, 3.05) is 5.32 Å². The summed E-state index contributed by atoms with van der Waals surface area (Å²) in [6.45, 7) is 0. The second-order valence-corrected chi connectivity index (χ2v) is 5.15. The summed E-state index contributed by atoms with van der Waals surface area (Å²) in [7, 11) is 0. The van der Waals surface area contributed by atoms with Gasteiger partial charge in [-0.3, -0.25) is 5.32 Å². The molecule has 1 fully saturated rings. The van der Waals surface area contributed by atoms with E-state index in [0.717, 1.165) is 0 Å². The number of alkyl halides is 3. The fourth-order valence-electron chi connectivity index (χ4n) is 2.50. The lowest BCUT2D eigenvalue weighted by Crippen LogP contribution is -2.51. The number of cyclic esters (lactones) is 1. The monoisotopic (exact) mass is 291 g/mol. The average Bonchev–Trinajstić information content (AvgIpc) is 3.11. The molecule has 0 aromatic heterocycles. The minimum absolute atomic E-state index is 0.102. The van der Waals surface area contributed by atoms with Crippen LogP contribution in [0.5, 0.6) is 0 Å². The first-order chi connectivity index (χ1) is 8.84. The van der Waals surface area contributed by atoms with Gasteiger partial charge in [0.2, 0.25) is 5.60 Å². The Bertz CT molecular complexity index is 556. The van der Waals surface area contributed by atoms with Gasteiger partial charge in [-0.15, -0.1) is 0 Å². The van der Waals surface area contributed by atoms with Crippen LogP contribution < -0.4 is 5.32 Å². The van der Waals surface area contributed by atoms with Crippen molar-refractivity contribution in [2.24, 2.45) is 5.92 Å². The molecule has 0 spiro atoms. The fourth-order valence-corrected chi connectivity index (χ4v) is 2.68. The molecular weight excluding hydrogens is 283 g/mol. The van der Waals surface area contributed by atoms with E-state index in [1.807, 2.05) is 0 Å². The summed E-state index contributed by atoms with van der Waals surface area (Å²) in [6.07, 6.45) is -5.01. The van der Waals surface area contributed by atoms with E-state index in [0.29, 0.717) is 12.8 Å². The quantitative estimate of drug-likeness (QED) is 0.847. The average molecular weight is 292 g/mol. The molecule has 19 heavy (non-hydrogen) atoms. The normalized spacial score (nSPS) is 26.4. The first kappa shape index (κ1) is 12.6. The second-order valence-electron chi connectivity index (χ2n) is 4.71. The van der Waals surface area contributed by atoms with E-state index in [1.165, 1.54) is 18.2 Å². The van der Waals surface area contributed by atoms with Gasteiger partial charge in [-0.2, -0.15) is 13.2 Å². The van der Waals surface area contributed by atoms with Crippen molar-refractivity contribution in [2.45, 2.75) is 24.6 Å². The van der Waals surface area contributed by atoms with Gasteiger partial charge in [-0.1, -0.05) is 11.6 Å². The number of amides is 1. The highest BCUT2D eigenvalue weighted by atomic mass is 35.5. The fraction of sp³-hybridized carbons (Fsp3) is 0.417. The van der Waals surface area contributed by atoms with Crippen LogP contribution in [0.4, 0.5) is 23.7 Å². The summed E-state index contributed by atoms with van der Waals surface area (Å²) < 4.78 is 45.3. The van der Waals surface area contributed by atoms with Gasteiger partial charge in [0.1, 0.15) is 0 Å². The maximum atomic E-state index is 13.5. The highest BCUT2D eigenvalue weighted by Gasteiger charge is 2.68. The smallest absolute Gasteiger partial charge is 0.428 e. The molecule has 1 amide bonds. The van der Waals surface area contributed by atoms with Crippen molar-refractivity contribution in [1.82, 2.24) is 0 Å². The molecule has 1 saturated carbocycles. The topological polar surface area (TPSA) is 38.3 Å². The van der Waals surface area contributed by atoms with Gasteiger partial charge >= 0.3 is 12.3 Å². The van der Waals surface area contributed by atoms with Gasteiger partial charge in [0.05, 0.1) is 5.69 Å². The third-order valence-corrected chi connectivity index (χ3v) is 3.68. The van der Waals surface area contributed by atoms with Crippen LogP contribution in [0.2, 0.25) is 5.02 Å². The van der Waals surface area contributed by atoms with Crippen LogP contribution in [-0.2, 0) is 10.3 Å². The number of hydrogen-bond donors (Lipinski definition) is 1. The van der Waals surface area contributed by atoms with Gasteiger partial charge in [-0.25, -0.2) is 4.79 Å². The summed E-state index contributed by atoms with van der Waals surface area (Å²) in [5.74, 6) is -0.740. The highest BCUT2D eigenvalue weighted by Crippen LogP contribution is 2.59. The van der Waals surface area contributed by atoms with Gasteiger partial charge in [0.25, 0.3) is 0 Å². The van der Waals surface area contributed by atoms with Gasteiger partial charge in [0, 0.05) is 16.5 Å². The summed E-state index contributed by atoms with van der Waals surface area (Å²) in [6, 6.07) is 4.00. The van der Waals surface area contributed by atoms with E-state index in [9.17, 15) is 18.0 Å². The lowest BCUT2D eigenvalue weighted by Gasteiger charge is -2.40. The lowest BCUT2D eigenvalue weighted by atomic mass is 9.85. The number of benzene rings is 1. The van der Waals surface area contributed by atoms with Crippen LogP contribution in [0.3, 0.4) is 0 Å². The third kappa shape index (κ3) is 1.77. The van der Waals surface area contributed by atoms with Gasteiger partial charge in [-0.05, 0) is 31.0 Å². The Balaban J connectivity index is 2.25. The third-order valence-electron chi connectivity index (χ3n) is 3.45. The molecule has 3 nitrogen and oxygen atoms in total. The minimum atomic E-state index is -4.68. The molecule has 0 radical (unpaired) electrons. The SMILES string of the molecule is O=C1Nc2ccc(Cl)cc2C(C2CC2)(C(F)(F)F)O1. The number of ether oxygens (including phenoxy) is 1. The van der Waals surface area contributed by atoms with Crippen molar-refractivity contribution in [1.29, 1.82) is 0 Å². The highest BCUT2D eigenvalue weighted by molar-refractivity contribution is 6.30. The first-order valence-corrected chi connectivity index (χ1v) is 6.09. The number of rotatable bonds is 1. The molecule has 0 saturated heterocycles. The van der Waals surface area contributed by atoms with Crippen LogP contribution in [0.25, 0.3) is 0 Å². The van der Waals surface area contributed by atoms with E-state index in [-0.39, 0.29) is 16.3 Å². The molecule has 1 atom stereocenters. The Hall–Kier alpha value is -1.43. The lowest BCUT2D eigenvalue weighted by molar-refractivity contribution is -0.273. The molecule has 2 aliphatic rings. The molecule has 7 heteroatoms.